The Labute approximate surface area is 131 Å². The lowest BCUT2D eigenvalue weighted by Crippen LogP contribution is -2.51. The standard InChI is InChI=1S/C15H22ClN3S/c1-2-13(11-15(17)20)18-6-8-19(9-7-18)14-5-3-4-12(16)10-14/h3-5,10,13H,2,6-9,11H2,1H3,(H2,17,20). The van der Waals surface area contributed by atoms with E-state index in [1.807, 2.05) is 18.2 Å². The second kappa shape index (κ2) is 7.25. The smallest absolute Gasteiger partial charge is 0.0743 e. The molecule has 2 N–H and O–H groups in total. The highest BCUT2D eigenvalue weighted by molar-refractivity contribution is 7.80. The number of nitrogens with zero attached hydrogens (tertiary/aromatic N) is 2. The Morgan fingerprint density at radius 2 is 2.05 bits per heavy atom. The average Bonchev–Trinajstić information content (AvgIpc) is 2.45. The lowest BCUT2D eigenvalue weighted by molar-refractivity contribution is 0.184. The van der Waals surface area contributed by atoms with Crippen molar-refractivity contribution >= 4 is 34.5 Å². The van der Waals surface area contributed by atoms with Crippen LogP contribution in [0.1, 0.15) is 19.8 Å². The van der Waals surface area contributed by atoms with Crippen molar-refractivity contribution in [2.75, 3.05) is 31.1 Å². The Balaban J connectivity index is 1.93. The Hall–Kier alpha value is -0.840. The lowest BCUT2D eigenvalue weighted by Gasteiger charge is -2.40. The first-order chi connectivity index (χ1) is 9.60. The maximum Gasteiger partial charge on any atom is 0.0743 e. The molecule has 0 radical (unpaired) electrons. The molecule has 1 atom stereocenters. The molecule has 0 bridgehead atoms. The summed E-state index contributed by atoms with van der Waals surface area (Å²) in [5.74, 6) is 0. The van der Waals surface area contributed by atoms with Crippen molar-refractivity contribution < 1.29 is 0 Å². The molecule has 0 amide bonds. The summed E-state index contributed by atoms with van der Waals surface area (Å²) in [7, 11) is 0. The molecule has 3 nitrogen and oxygen atoms in total. The highest BCUT2D eigenvalue weighted by Crippen LogP contribution is 2.22. The van der Waals surface area contributed by atoms with Gasteiger partial charge in [0.05, 0.1) is 4.99 Å². The number of hydrogen-bond acceptors (Lipinski definition) is 3. The van der Waals surface area contributed by atoms with Crippen LogP contribution >= 0.6 is 23.8 Å². The van der Waals surface area contributed by atoms with E-state index in [0.29, 0.717) is 11.0 Å². The third kappa shape index (κ3) is 4.08. The van der Waals surface area contributed by atoms with Crippen LogP contribution in [-0.2, 0) is 0 Å². The van der Waals surface area contributed by atoms with Crippen LogP contribution in [0.5, 0.6) is 0 Å². The van der Waals surface area contributed by atoms with Gasteiger partial charge in [-0.15, -0.1) is 0 Å². The Morgan fingerprint density at radius 3 is 2.60 bits per heavy atom. The van der Waals surface area contributed by atoms with Crippen molar-refractivity contribution in [2.45, 2.75) is 25.8 Å². The van der Waals surface area contributed by atoms with E-state index in [0.717, 1.165) is 44.0 Å². The maximum absolute atomic E-state index is 6.06. The van der Waals surface area contributed by atoms with Crippen LogP contribution in [0.3, 0.4) is 0 Å². The Morgan fingerprint density at radius 1 is 1.35 bits per heavy atom. The molecule has 1 fully saturated rings. The third-order valence-corrected chi connectivity index (χ3v) is 4.31. The fraction of sp³-hybridized carbons (Fsp3) is 0.533. The predicted octanol–water partition coefficient (Wildman–Crippen LogP) is 2.92. The van der Waals surface area contributed by atoms with E-state index < -0.39 is 0 Å². The summed E-state index contributed by atoms with van der Waals surface area (Å²) in [6, 6.07) is 8.55. The zero-order valence-corrected chi connectivity index (χ0v) is 13.5. The highest BCUT2D eigenvalue weighted by atomic mass is 35.5. The number of hydrogen-bond donors (Lipinski definition) is 1. The van der Waals surface area contributed by atoms with Crippen molar-refractivity contribution in [2.24, 2.45) is 5.73 Å². The van der Waals surface area contributed by atoms with Gasteiger partial charge in [0.15, 0.2) is 0 Å². The van der Waals surface area contributed by atoms with Gasteiger partial charge in [-0.25, -0.2) is 0 Å². The van der Waals surface area contributed by atoms with Crippen LogP contribution in [0.25, 0.3) is 0 Å². The number of halogens is 1. The third-order valence-electron chi connectivity index (χ3n) is 3.91. The summed E-state index contributed by atoms with van der Waals surface area (Å²) in [5.41, 5.74) is 6.90. The monoisotopic (exact) mass is 311 g/mol. The molecule has 110 valence electrons. The van der Waals surface area contributed by atoms with Gasteiger partial charge in [-0.1, -0.05) is 36.8 Å². The van der Waals surface area contributed by atoms with E-state index in [2.05, 4.69) is 22.8 Å². The molecule has 5 heteroatoms. The van der Waals surface area contributed by atoms with Crippen LogP contribution in [0.15, 0.2) is 24.3 Å². The van der Waals surface area contributed by atoms with Crippen LogP contribution in [-0.4, -0.2) is 42.1 Å². The molecule has 0 spiro atoms. The number of nitrogens with two attached hydrogens (primary N) is 1. The fourth-order valence-electron chi connectivity index (χ4n) is 2.78. The first-order valence-corrected chi connectivity index (χ1v) is 7.91. The largest absolute Gasteiger partial charge is 0.393 e. The van der Waals surface area contributed by atoms with E-state index in [1.54, 1.807) is 0 Å². The molecule has 0 saturated carbocycles. The summed E-state index contributed by atoms with van der Waals surface area (Å²) in [4.78, 5) is 5.50. The number of anilines is 1. The summed E-state index contributed by atoms with van der Waals surface area (Å²) in [6.45, 7) is 6.34. The van der Waals surface area contributed by atoms with Crippen molar-refractivity contribution in [1.29, 1.82) is 0 Å². The molecule has 1 aliphatic rings. The van der Waals surface area contributed by atoms with Gasteiger partial charge >= 0.3 is 0 Å². The lowest BCUT2D eigenvalue weighted by atomic mass is 10.1. The Bertz CT molecular complexity index is 458. The van der Waals surface area contributed by atoms with Gasteiger partial charge in [-0.3, -0.25) is 4.90 Å². The summed E-state index contributed by atoms with van der Waals surface area (Å²) in [5, 5.41) is 0.796. The normalized spacial score (nSPS) is 18.0. The van der Waals surface area contributed by atoms with Crippen LogP contribution < -0.4 is 10.6 Å². The van der Waals surface area contributed by atoms with Crippen LogP contribution in [0, 0.1) is 0 Å². The molecule has 1 aromatic rings. The minimum Gasteiger partial charge on any atom is -0.393 e. The molecule has 20 heavy (non-hydrogen) atoms. The van der Waals surface area contributed by atoms with E-state index in [4.69, 9.17) is 29.6 Å². The zero-order valence-electron chi connectivity index (χ0n) is 11.9. The molecular formula is C15H22ClN3S. The molecule has 1 heterocycles. The van der Waals surface area contributed by atoms with Gasteiger partial charge in [0.25, 0.3) is 0 Å². The SMILES string of the molecule is CCC(CC(N)=S)N1CCN(c2cccc(Cl)c2)CC1. The van der Waals surface area contributed by atoms with Crippen molar-refractivity contribution in [3.05, 3.63) is 29.3 Å². The quantitative estimate of drug-likeness (QED) is 0.848. The van der Waals surface area contributed by atoms with Crippen LogP contribution in [0.4, 0.5) is 5.69 Å². The van der Waals surface area contributed by atoms with E-state index in [1.165, 1.54) is 5.69 Å². The first kappa shape index (κ1) is 15.5. The van der Waals surface area contributed by atoms with Gasteiger partial charge in [-0.2, -0.15) is 0 Å². The molecule has 0 aromatic heterocycles. The molecular weight excluding hydrogens is 290 g/mol. The predicted molar refractivity (Wildman–Crippen MR) is 90.7 cm³/mol. The van der Waals surface area contributed by atoms with Crippen molar-refractivity contribution in [3.8, 4) is 0 Å². The topological polar surface area (TPSA) is 32.5 Å². The van der Waals surface area contributed by atoms with E-state index in [-0.39, 0.29) is 0 Å². The first-order valence-electron chi connectivity index (χ1n) is 7.13. The Kier molecular flexibility index (Phi) is 5.64. The van der Waals surface area contributed by atoms with Crippen LogP contribution in [0.2, 0.25) is 5.02 Å². The van der Waals surface area contributed by atoms with E-state index in [9.17, 15) is 0 Å². The minimum atomic E-state index is 0.481. The summed E-state index contributed by atoms with van der Waals surface area (Å²) < 4.78 is 0. The zero-order chi connectivity index (χ0) is 14.5. The summed E-state index contributed by atoms with van der Waals surface area (Å²) >= 11 is 11.1. The molecule has 1 saturated heterocycles. The second-order valence-electron chi connectivity index (χ2n) is 5.24. The number of benzene rings is 1. The van der Waals surface area contributed by atoms with Gasteiger partial charge < -0.3 is 10.6 Å². The summed E-state index contributed by atoms with van der Waals surface area (Å²) in [6.07, 6.45) is 1.91. The maximum atomic E-state index is 6.06. The molecule has 1 unspecified atom stereocenters. The fourth-order valence-corrected chi connectivity index (χ4v) is 3.16. The minimum absolute atomic E-state index is 0.481. The second-order valence-corrected chi connectivity index (χ2v) is 6.20. The number of rotatable bonds is 5. The molecule has 2 rings (SSSR count). The van der Waals surface area contributed by atoms with Gasteiger partial charge in [0, 0.05) is 49.4 Å². The van der Waals surface area contributed by atoms with Gasteiger partial charge in [0.1, 0.15) is 0 Å². The van der Waals surface area contributed by atoms with Crippen molar-refractivity contribution in [3.63, 3.8) is 0 Å². The van der Waals surface area contributed by atoms with Gasteiger partial charge in [-0.05, 0) is 24.6 Å². The highest BCUT2D eigenvalue weighted by Gasteiger charge is 2.23. The van der Waals surface area contributed by atoms with Gasteiger partial charge in [0.2, 0.25) is 0 Å². The average molecular weight is 312 g/mol. The van der Waals surface area contributed by atoms with E-state index >= 15 is 0 Å². The molecule has 1 aromatic carbocycles. The number of piperazine rings is 1. The molecule has 1 aliphatic heterocycles. The van der Waals surface area contributed by atoms with Crippen molar-refractivity contribution in [1.82, 2.24) is 4.90 Å². The molecule has 0 aliphatic carbocycles. The number of thiocarbonyl (C=S) groups is 1.